The molecule has 0 unspecified atom stereocenters. The molecule has 3 aromatic rings. The van der Waals surface area contributed by atoms with Crippen LogP contribution in [0.1, 0.15) is 39.9 Å². The van der Waals surface area contributed by atoms with Crippen molar-refractivity contribution in [2.24, 2.45) is 0 Å². The van der Waals surface area contributed by atoms with Gasteiger partial charge in [0.1, 0.15) is 12.4 Å². The number of amides is 2. The van der Waals surface area contributed by atoms with Crippen LogP contribution < -0.4 is 14.8 Å². The third-order valence-electron chi connectivity index (χ3n) is 6.69. The van der Waals surface area contributed by atoms with Gasteiger partial charge in [-0.2, -0.15) is 0 Å². The number of hydrogen-bond donors (Lipinski definition) is 2. The van der Waals surface area contributed by atoms with Gasteiger partial charge in [-0.05, 0) is 92.9 Å². The number of nitrogens with zero attached hydrogens (tertiary/aromatic N) is 1. The number of sulfonamides is 1. The van der Waals surface area contributed by atoms with Gasteiger partial charge in [-0.15, -0.1) is 0 Å². The van der Waals surface area contributed by atoms with Crippen LogP contribution in [0.25, 0.3) is 0 Å². The van der Waals surface area contributed by atoms with Crippen molar-refractivity contribution >= 4 is 37.8 Å². The maximum atomic E-state index is 13.0. The average Bonchev–Trinajstić information content (AvgIpc) is 3.34. The minimum atomic E-state index is -4.11. The van der Waals surface area contributed by atoms with Gasteiger partial charge in [0.2, 0.25) is 5.91 Å². The lowest BCUT2D eigenvalue weighted by molar-refractivity contribution is -0.125. The fraction of sp³-hybridized carbons (Fsp3) is 0.310. The maximum absolute atomic E-state index is 13.0. The first kappa shape index (κ1) is 28.8. The summed E-state index contributed by atoms with van der Waals surface area (Å²) in [5, 5.41) is 2.96. The fourth-order valence-electron chi connectivity index (χ4n) is 4.44. The topological polar surface area (TPSA) is 105 Å². The summed E-state index contributed by atoms with van der Waals surface area (Å²) in [7, 11) is -2.16. The van der Waals surface area contributed by atoms with Crippen LogP contribution in [0.4, 0.5) is 0 Å². The summed E-state index contributed by atoms with van der Waals surface area (Å²) in [4.78, 5) is 27.4. The molecule has 206 valence electrons. The van der Waals surface area contributed by atoms with Crippen LogP contribution in [0.5, 0.6) is 5.75 Å². The van der Waals surface area contributed by atoms with Gasteiger partial charge < -0.3 is 10.1 Å². The van der Waals surface area contributed by atoms with Gasteiger partial charge in [-0.25, -0.2) is 13.1 Å². The standard InChI is InChI=1S/C29H32BrN3O5S/c1-20-5-14-25(27(18-20)38-19-22-6-10-23(30)11-7-22)28(34)32-39(36,37)24-12-8-21(9-13-24)15-16-31-29(35)26-4-3-17-33(26)2/h5-14,18,26H,3-4,15-17,19H2,1-2H3,(H,31,35)(H,32,34)/t26-/m1/s1. The molecular formula is C29H32BrN3O5S. The molecule has 1 aliphatic rings. The molecule has 2 N–H and O–H groups in total. The number of halogens is 1. The van der Waals surface area contributed by atoms with Crippen molar-refractivity contribution in [1.29, 1.82) is 0 Å². The first-order valence-corrected chi connectivity index (χ1v) is 15.0. The molecule has 0 bridgehead atoms. The first-order valence-electron chi connectivity index (χ1n) is 12.7. The smallest absolute Gasteiger partial charge is 0.268 e. The van der Waals surface area contributed by atoms with Crippen molar-refractivity contribution < 1.29 is 22.7 Å². The lowest BCUT2D eigenvalue weighted by Gasteiger charge is -2.18. The summed E-state index contributed by atoms with van der Waals surface area (Å²) in [6.07, 6.45) is 2.45. The molecule has 3 aromatic carbocycles. The van der Waals surface area contributed by atoms with Gasteiger partial charge in [0.05, 0.1) is 16.5 Å². The SMILES string of the molecule is Cc1ccc(C(=O)NS(=O)(=O)c2ccc(CCNC(=O)[C@H]3CCCN3C)cc2)c(OCc2ccc(Br)cc2)c1. The Balaban J connectivity index is 1.36. The highest BCUT2D eigenvalue weighted by molar-refractivity contribution is 9.10. The number of aryl methyl sites for hydroxylation is 1. The fourth-order valence-corrected chi connectivity index (χ4v) is 5.67. The predicted molar refractivity (Wildman–Crippen MR) is 153 cm³/mol. The molecule has 8 nitrogen and oxygen atoms in total. The predicted octanol–water partition coefficient (Wildman–Crippen LogP) is 4.21. The number of carbonyl (C=O) groups is 2. The quantitative estimate of drug-likeness (QED) is 0.355. The molecule has 0 spiro atoms. The number of ether oxygens (including phenoxy) is 1. The largest absolute Gasteiger partial charge is 0.488 e. The third kappa shape index (κ3) is 7.68. The Hall–Kier alpha value is -3.21. The highest BCUT2D eigenvalue weighted by Crippen LogP contribution is 2.23. The first-order chi connectivity index (χ1) is 18.6. The van der Waals surface area contributed by atoms with Gasteiger partial charge in [0.15, 0.2) is 0 Å². The van der Waals surface area contributed by atoms with Gasteiger partial charge in [-0.3, -0.25) is 14.5 Å². The Kier molecular flexibility index (Phi) is 9.42. The van der Waals surface area contributed by atoms with E-state index in [1.54, 1.807) is 30.3 Å². The van der Waals surface area contributed by atoms with Crippen LogP contribution in [0.2, 0.25) is 0 Å². The maximum Gasteiger partial charge on any atom is 0.268 e. The summed E-state index contributed by atoms with van der Waals surface area (Å²) < 4.78 is 34.9. The zero-order chi connectivity index (χ0) is 28.0. The van der Waals surface area contributed by atoms with Crippen molar-refractivity contribution in [1.82, 2.24) is 14.9 Å². The molecule has 10 heteroatoms. The zero-order valence-electron chi connectivity index (χ0n) is 21.9. The van der Waals surface area contributed by atoms with Crippen molar-refractivity contribution in [2.45, 2.75) is 43.7 Å². The van der Waals surface area contributed by atoms with Crippen LogP contribution in [0.3, 0.4) is 0 Å². The Morgan fingerprint density at radius 1 is 1.03 bits per heavy atom. The molecule has 4 rings (SSSR count). The van der Waals surface area contributed by atoms with Crippen molar-refractivity contribution in [2.75, 3.05) is 20.1 Å². The van der Waals surface area contributed by atoms with E-state index in [9.17, 15) is 18.0 Å². The van der Waals surface area contributed by atoms with Crippen LogP contribution in [0.15, 0.2) is 76.1 Å². The van der Waals surface area contributed by atoms with E-state index in [0.717, 1.165) is 40.5 Å². The summed E-state index contributed by atoms with van der Waals surface area (Å²) in [6.45, 7) is 3.48. The van der Waals surface area contributed by atoms with E-state index in [4.69, 9.17) is 4.74 Å². The highest BCUT2D eigenvalue weighted by atomic mass is 79.9. The van der Waals surface area contributed by atoms with E-state index < -0.39 is 15.9 Å². The number of hydrogen-bond acceptors (Lipinski definition) is 6. The molecule has 0 aliphatic carbocycles. The molecule has 1 aliphatic heterocycles. The summed E-state index contributed by atoms with van der Waals surface area (Å²) in [5.41, 5.74) is 2.79. The molecule has 1 heterocycles. The van der Waals surface area contributed by atoms with Crippen molar-refractivity contribution in [3.63, 3.8) is 0 Å². The van der Waals surface area contributed by atoms with Gasteiger partial charge >= 0.3 is 0 Å². The van der Waals surface area contributed by atoms with Gasteiger partial charge in [-0.1, -0.05) is 46.3 Å². The second kappa shape index (κ2) is 12.8. The van der Waals surface area contributed by atoms with E-state index >= 15 is 0 Å². The zero-order valence-corrected chi connectivity index (χ0v) is 24.3. The van der Waals surface area contributed by atoms with Crippen LogP contribution in [0, 0.1) is 6.92 Å². The molecule has 0 saturated carbocycles. The normalized spacial score (nSPS) is 15.6. The number of nitrogens with one attached hydrogen (secondary N) is 2. The second-order valence-electron chi connectivity index (χ2n) is 9.67. The summed E-state index contributed by atoms with van der Waals surface area (Å²) >= 11 is 3.39. The molecule has 2 amide bonds. The van der Waals surface area contributed by atoms with Crippen LogP contribution in [-0.2, 0) is 27.8 Å². The minimum Gasteiger partial charge on any atom is -0.488 e. The Morgan fingerprint density at radius 3 is 2.38 bits per heavy atom. The lowest BCUT2D eigenvalue weighted by Crippen LogP contribution is -2.42. The molecular weight excluding hydrogens is 582 g/mol. The van der Waals surface area contributed by atoms with Crippen LogP contribution >= 0.6 is 15.9 Å². The number of rotatable bonds is 10. The van der Waals surface area contributed by atoms with Crippen LogP contribution in [-0.4, -0.2) is 51.3 Å². The second-order valence-corrected chi connectivity index (χ2v) is 12.3. The Bertz CT molecular complexity index is 1430. The van der Waals surface area contributed by atoms with Gasteiger partial charge in [0, 0.05) is 11.0 Å². The molecule has 0 aromatic heterocycles. The lowest BCUT2D eigenvalue weighted by atomic mass is 10.1. The number of benzene rings is 3. The number of likely N-dealkylation sites (tertiary alicyclic amines) is 1. The highest BCUT2D eigenvalue weighted by Gasteiger charge is 2.27. The minimum absolute atomic E-state index is 0.0215. The Morgan fingerprint density at radius 2 is 1.72 bits per heavy atom. The molecule has 39 heavy (non-hydrogen) atoms. The summed E-state index contributed by atoms with van der Waals surface area (Å²) in [5.74, 6) is -0.454. The Labute approximate surface area is 237 Å². The van der Waals surface area contributed by atoms with Crippen molar-refractivity contribution in [3.8, 4) is 5.75 Å². The molecule has 1 fully saturated rings. The number of carbonyl (C=O) groups excluding carboxylic acids is 2. The van der Waals surface area contributed by atoms with E-state index in [1.165, 1.54) is 12.1 Å². The number of likely N-dealkylation sites (N-methyl/N-ethyl adjacent to an activating group) is 1. The molecule has 1 saturated heterocycles. The average molecular weight is 615 g/mol. The van der Waals surface area contributed by atoms with E-state index in [1.807, 2.05) is 38.2 Å². The monoisotopic (exact) mass is 613 g/mol. The molecule has 1 atom stereocenters. The summed E-state index contributed by atoms with van der Waals surface area (Å²) in [6, 6.07) is 18.8. The van der Waals surface area contributed by atoms with E-state index in [0.29, 0.717) is 18.7 Å². The van der Waals surface area contributed by atoms with Crippen molar-refractivity contribution in [3.05, 3.63) is 93.5 Å². The van der Waals surface area contributed by atoms with Gasteiger partial charge in [0.25, 0.3) is 15.9 Å². The van der Waals surface area contributed by atoms with E-state index in [2.05, 4.69) is 30.9 Å². The van der Waals surface area contributed by atoms with E-state index in [-0.39, 0.29) is 29.0 Å². The molecule has 0 radical (unpaired) electrons. The third-order valence-corrected chi connectivity index (χ3v) is 8.56.